The van der Waals surface area contributed by atoms with Crippen LogP contribution in [0.15, 0.2) is 29.5 Å². The van der Waals surface area contributed by atoms with Gasteiger partial charge in [0.25, 0.3) is 0 Å². The summed E-state index contributed by atoms with van der Waals surface area (Å²) in [7, 11) is 1.83. The summed E-state index contributed by atoms with van der Waals surface area (Å²) < 4.78 is 14.7. The number of hydrogen-bond donors (Lipinski definition) is 2. The number of nitrogens with zero attached hydrogens (tertiary/aromatic N) is 4. The molecule has 0 aliphatic carbocycles. The van der Waals surface area contributed by atoms with Gasteiger partial charge in [-0.3, -0.25) is 4.68 Å². The van der Waals surface area contributed by atoms with E-state index < -0.39 is 0 Å². The SMILES string of the molecule is CCNC(=NCc1ncnn1C)NCCc1ccc(F)cc1Cl.I. The second-order valence-corrected chi connectivity index (χ2v) is 5.31. The van der Waals surface area contributed by atoms with E-state index in [0.29, 0.717) is 30.5 Å². The van der Waals surface area contributed by atoms with E-state index in [4.69, 9.17) is 11.6 Å². The van der Waals surface area contributed by atoms with Crippen molar-refractivity contribution < 1.29 is 4.39 Å². The third-order valence-corrected chi connectivity index (χ3v) is 3.58. The fraction of sp³-hybridized carbons (Fsp3) is 0.400. The molecule has 0 aliphatic heterocycles. The van der Waals surface area contributed by atoms with Gasteiger partial charge in [0.05, 0.1) is 0 Å². The summed E-state index contributed by atoms with van der Waals surface area (Å²) in [5, 5.41) is 10.8. The fourth-order valence-corrected chi connectivity index (χ4v) is 2.26. The van der Waals surface area contributed by atoms with Gasteiger partial charge >= 0.3 is 0 Å². The number of benzene rings is 1. The highest BCUT2D eigenvalue weighted by Crippen LogP contribution is 2.17. The summed E-state index contributed by atoms with van der Waals surface area (Å²) in [4.78, 5) is 8.59. The first kappa shape index (κ1) is 20.6. The Balaban J connectivity index is 0.00000288. The van der Waals surface area contributed by atoms with Gasteiger partial charge in [0.1, 0.15) is 24.5 Å². The number of halogens is 3. The zero-order valence-corrected chi connectivity index (χ0v) is 16.7. The number of aromatic nitrogens is 3. The van der Waals surface area contributed by atoms with Gasteiger partial charge in [-0.15, -0.1) is 24.0 Å². The molecule has 1 aromatic heterocycles. The van der Waals surface area contributed by atoms with Crippen LogP contribution < -0.4 is 10.6 Å². The summed E-state index contributed by atoms with van der Waals surface area (Å²) in [6.07, 6.45) is 2.18. The highest BCUT2D eigenvalue weighted by atomic mass is 127. The van der Waals surface area contributed by atoms with Gasteiger partial charge in [-0.2, -0.15) is 5.10 Å². The molecule has 6 nitrogen and oxygen atoms in total. The minimum Gasteiger partial charge on any atom is -0.357 e. The van der Waals surface area contributed by atoms with Crippen LogP contribution in [0.2, 0.25) is 5.02 Å². The first-order chi connectivity index (χ1) is 11.1. The Labute approximate surface area is 162 Å². The molecule has 132 valence electrons. The van der Waals surface area contributed by atoms with E-state index in [1.165, 1.54) is 18.5 Å². The van der Waals surface area contributed by atoms with Crippen LogP contribution in [-0.2, 0) is 20.0 Å². The topological polar surface area (TPSA) is 67.1 Å². The maximum Gasteiger partial charge on any atom is 0.191 e. The summed E-state index contributed by atoms with van der Waals surface area (Å²) in [6.45, 7) is 3.82. The summed E-state index contributed by atoms with van der Waals surface area (Å²) in [5.74, 6) is 1.14. The molecule has 2 aromatic rings. The molecule has 0 spiro atoms. The van der Waals surface area contributed by atoms with Crippen molar-refractivity contribution in [2.45, 2.75) is 19.9 Å². The van der Waals surface area contributed by atoms with E-state index in [-0.39, 0.29) is 29.8 Å². The van der Waals surface area contributed by atoms with E-state index in [1.54, 1.807) is 10.7 Å². The lowest BCUT2D eigenvalue weighted by atomic mass is 10.1. The monoisotopic (exact) mass is 466 g/mol. The zero-order valence-electron chi connectivity index (χ0n) is 13.6. The molecule has 24 heavy (non-hydrogen) atoms. The molecule has 0 saturated carbocycles. The number of hydrogen-bond acceptors (Lipinski definition) is 3. The van der Waals surface area contributed by atoms with Gasteiger partial charge in [0.15, 0.2) is 5.96 Å². The van der Waals surface area contributed by atoms with Crippen LogP contribution in [0.1, 0.15) is 18.3 Å². The standard InChI is InChI=1S/C15H20ClFN6.HI/c1-3-18-15(20-9-14-21-10-22-23(14)2)19-7-6-11-4-5-12(17)8-13(11)16;/h4-5,8,10H,3,6-7,9H2,1-2H3,(H2,18,19,20);1H. The molecule has 9 heteroatoms. The van der Waals surface area contributed by atoms with E-state index in [9.17, 15) is 4.39 Å². The van der Waals surface area contributed by atoms with E-state index >= 15 is 0 Å². The Morgan fingerprint density at radius 3 is 2.79 bits per heavy atom. The van der Waals surface area contributed by atoms with Gasteiger partial charge in [-0.25, -0.2) is 14.4 Å². The Morgan fingerprint density at radius 1 is 1.38 bits per heavy atom. The van der Waals surface area contributed by atoms with Crippen molar-refractivity contribution in [2.24, 2.45) is 12.0 Å². The van der Waals surface area contributed by atoms with Crippen LogP contribution in [0.3, 0.4) is 0 Å². The Morgan fingerprint density at radius 2 is 2.17 bits per heavy atom. The average Bonchev–Trinajstić information content (AvgIpc) is 2.92. The van der Waals surface area contributed by atoms with Crippen LogP contribution in [0.4, 0.5) is 4.39 Å². The second-order valence-electron chi connectivity index (χ2n) is 4.91. The zero-order chi connectivity index (χ0) is 16.7. The van der Waals surface area contributed by atoms with Crippen molar-refractivity contribution >= 4 is 41.5 Å². The first-order valence-electron chi connectivity index (χ1n) is 7.39. The van der Waals surface area contributed by atoms with Crippen LogP contribution in [0, 0.1) is 5.82 Å². The summed E-state index contributed by atoms with van der Waals surface area (Å²) in [6, 6.07) is 4.43. The lowest BCUT2D eigenvalue weighted by Crippen LogP contribution is -2.38. The molecule has 1 aromatic carbocycles. The molecular weight excluding hydrogens is 446 g/mol. The van der Waals surface area contributed by atoms with E-state index in [0.717, 1.165) is 17.9 Å². The largest absolute Gasteiger partial charge is 0.357 e. The van der Waals surface area contributed by atoms with Crippen molar-refractivity contribution in [1.29, 1.82) is 0 Å². The smallest absolute Gasteiger partial charge is 0.191 e. The lowest BCUT2D eigenvalue weighted by Gasteiger charge is -2.11. The quantitative estimate of drug-likeness (QED) is 0.390. The van der Waals surface area contributed by atoms with Crippen molar-refractivity contribution in [3.8, 4) is 0 Å². The minimum absolute atomic E-state index is 0. The Bertz CT molecular complexity index is 676. The molecule has 2 rings (SSSR count). The molecule has 0 radical (unpaired) electrons. The molecule has 0 amide bonds. The summed E-state index contributed by atoms with van der Waals surface area (Å²) in [5.41, 5.74) is 0.893. The molecule has 2 N–H and O–H groups in total. The van der Waals surface area contributed by atoms with Gasteiger partial charge < -0.3 is 10.6 Å². The van der Waals surface area contributed by atoms with Crippen LogP contribution in [0.5, 0.6) is 0 Å². The third kappa shape index (κ3) is 6.23. The van der Waals surface area contributed by atoms with Gasteiger partial charge in [0, 0.05) is 25.2 Å². The van der Waals surface area contributed by atoms with Crippen LogP contribution >= 0.6 is 35.6 Å². The Kier molecular flexibility index (Phi) is 8.98. The molecule has 0 bridgehead atoms. The Hall–Kier alpha value is -1.42. The van der Waals surface area contributed by atoms with Gasteiger partial charge in [-0.1, -0.05) is 17.7 Å². The van der Waals surface area contributed by atoms with Crippen molar-refractivity contribution in [2.75, 3.05) is 13.1 Å². The maximum atomic E-state index is 13.0. The summed E-state index contributed by atoms with van der Waals surface area (Å²) >= 11 is 6.02. The molecule has 0 aliphatic rings. The van der Waals surface area contributed by atoms with E-state index in [1.807, 2.05) is 14.0 Å². The number of nitrogens with one attached hydrogen (secondary N) is 2. The number of aliphatic imine (C=N–C) groups is 1. The van der Waals surface area contributed by atoms with Gasteiger partial charge in [0.2, 0.25) is 0 Å². The molecule has 0 atom stereocenters. The minimum atomic E-state index is -0.328. The third-order valence-electron chi connectivity index (χ3n) is 3.23. The maximum absolute atomic E-state index is 13.0. The predicted octanol–water partition coefficient (Wildman–Crippen LogP) is 2.52. The second kappa shape index (κ2) is 10.4. The fourth-order valence-electron chi connectivity index (χ4n) is 1.99. The molecule has 1 heterocycles. The van der Waals surface area contributed by atoms with Crippen molar-refractivity contribution in [3.63, 3.8) is 0 Å². The highest BCUT2D eigenvalue weighted by molar-refractivity contribution is 14.0. The number of guanidine groups is 1. The van der Waals surface area contributed by atoms with Gasteiger partial charge in [-0.05, 0) is 31.0 Å². The van der Waals surface area contributed by atoms with Crippen LogP contribution in [-0.4, -0.2) is 33.8 Å². The number of aryl methyl sites for hydroxylation is 1. The molecular formula is C15H21ClFIN6. The van der Waals surface area contributed by atoms with Crippen molar-refractivity contribution in [3.05, 3.63) is 46.8 Å². The predicted molar refractivity (Wildman–Crippen MR) is 104 cm³/mol. The number of rotatable bonds is 6. The lowest BCUT2D eigenvalue weighted by molar-refractivity contribution is 0.627. The van der Waals surface area contributed by atoms with Crippen LogP contribution in [0.25, 0.3) is 0 Å². The first-order valence-corrected chi connectivity index (χ1v) is 7.77. The normalized spacial score (nSPS) is 11.1. The molecule has 0 unspecified atom stereocenters. The van der Waals surface area contributed by atoms with Crippen molar-refractivity contribution in [1.82, 2.24) is 25.4 Å². The molecule has 0 fully saturated rings. The average molecular weight is 467 g/mol. The highest BCUT2D eigenvalue weighted by Gasteiger charge is 2.04. The molecule has 0 saturated heterocycles. The van der Waals surface area contributed by atoms with E-state index in [2.05, 4.69) is 25.7 Å².